The smallest absolute Gasteiger partial charge is 0.317 e. The number of carbonyl (C=O) groups excluding carboxylic acids is 2. The van der Waals surface area contributed by atoms with E-state index in [1.807, 2.05) is 0 Å². The molecular formula is C15H25NO3. The molecule has 0 N–H and O–H groups in total. The third-order valence-electron chi connectivity index (χ3n) is 4.32. The van der Waals surface area contributed by atoms with Gasteiger partial charge in [-0.2, -0.15) is 0 Å². The Morgan fingerprint density at radius 3 is 2.74 bits per heavy atom. The Bertz CT molecular complexity index is 323. The lowest BCUT2D eigenvalue weighted by Crippen LogP contribution is -2.46. The van der Waals surface area contributed by atoms with Crippen LogP contribution in [0.25, 0.3) is 0 Å². The van der Waals surface area contributed by atoms with Gasteiger partial charge in [0.25, 0.3) is 0 Å². The van der Waals surface area contributed by atoms with Gasteiger partial charge in [0, 0.05) is 26.1 Å². The highest BCUT2D eigenvalue weighted by Crippen LogP contribution is 2.26. The number of rotatable bonds is 4. The van der Waals surface area contributed by atoms with Gasteiger partial charge < -0.3 is 9.64 Å². The summed E-state index contributed by atoms with van der Waals surface area (Å²) in [5, 5.41) is 0. The maximum Gasteiger partial charge on any atom is 0.317 e. The average molecular weight is 267 g/mol. The third-order valence-corrected chi connectivity index (χ3v) is 4.32. The van der Waals surface area contributed by atoms with E-state index in [9.17, 15) is 9.59 Å². The molecule has 1 aliphatic carbocycles. The van der Waals surface area contributed by atoms with Crippen LogP contribution in [0.3, 0.4) is 0 Å². The lowest BCUT2D eigenvalue weighted by atomic mass is 9.87. The van der Waals surface area contributed by atoms with Crippen molar-refractivity contribution in [1.29, 1.82) is 0 Å². The van der Waals surface area contributed by atoms with Gasteiger partial charge in [-0.15, -0.1) is 0 Å². The zero-order chi connectivity index (χ0) is 13.7. The summed E-state index contributed by atoms with van der Waals surface area (Å²) in [5.41, 5.74) is 0. The summed E-state index contributed by atoms with van der Waals surface area (Å²) < 4.78 is 5.00. The third kappa shape index (κ3) is 4.03. The van der Waals surface area contributed by atoms with Crippen LogP contribution in [0.15, 0.2) is 0 Å². The van der Waals surface area contributed by atoms with E-state index in [4.69, 9.17) is 4.74 Å². The number of ketones is 1. The molecule has 108 valence electrons. The fourth-order valence-corrected chi connectivity index (χ4v) is 3.24. The molecule has 1 saturated heterocycles. The predicted molar refractivity (Wildman–Crippen MR) is 72.8 cm³/mol. The number of carbonyl (C=O) groups is 2. The number of piperidine rings is 1. The Labute approximate surface area is 115 Å². The first-order chi connectivity index (χ1) is 9.20. The summed E-state index contributed by atoms with van der Waals surface area (Å²) in [6.45, 7) is 4.55. The summed E-state index contributed by atoms with van der Waals surface area (Å²) in [7, 11) is 0. The molecular weight excluding hydrogens is 242 g/mol. The molecule has 1 atom stereocenters. The molecule has 0 spiro atoms. The predicted octanol–water partition coefficient (Wildman–Crippen LogP) is 2.02. The van der Waals surface area contributed by atoms with Crippen LogP contribution in [-0.2, 0) is 14.3 Å². The molecule has 2 fully saturated rings. The van der Waals surface area contributed by atoms with Crippen LogP contribution >= 0.6 is 0 Å². The zero-order valence-electron chi connectivity index (χ0n) is 11.9. The van der Waals surface area contributed by atoms with Gasteiger partial charge in [-0.25, -0.2) is 0 Å². The number of ether oxygens (including phenoxy) is 1. The van der Waals surface area contributed by atoms with Crippen LogP contribution in [0.2, 0.25) is 0 Å². The molecule has 1 saturated carbocycles. The van der Waals surface area contributed by atoms with Gasteiger partial charge in [-0.1, -0.05) is 19.3 Å². The molecule has 4 nitrogen and oxygen atoms in total. The van der Waals surface area contributed by atoms with Gasteiger partial charge in [0.15, 0.2) is 0 Å². The van der Waals surface area contributed by atoms with Crippen molar-refractivity contribution in [1.82, 2.24) is 4.90 Å². The topological polar surface area (TPSA) is 46.6 Å². The molecule has 2 aliphatic rings. The molecule has 1 aliphatic heterocycles. The summed E-state index contributed by atoms with van der Waals surface area (Å²) in [5.74, 6) is -0.0683. The molecule has 0 aromatic heterocycles. The molecule has 1 unspecified atom stereocenters. The molecule has 0 radical (unpaired) electrons. The van der Waals surface area contributed by atoms with Gasteiger partial charge in [-0.05, 0) is 25.7 Å². The second-order valence-electron chi connectivity index (χ2n) is 5.78. The quantitative estimate of drug-likeness (QED) is 0.577. The largest absolute Gasteiger partial charge is 0.465 e. The molecule has 1 heterocycles. The highest BCUT2D eigenvalue weighted by atomic mass is 16.5. The summed E-state index contributed by atoms with van der Waals surface area (Å²) in [6.07, 6.45) is 7.12. The van der Waals surface area contributed by atoms with E-state index in [-0.39, 0.29) is 11.8 Å². The first kappa shape index (κ1) is 14.5. The molecule has 0 aromatic rings. The average Bonchev–Trinajstić information content (AvgIpc) is 2.42. The van der Waals surface area contributed by atoms with E-state index < -0.39 is 5.92 Å². The van der Waals surface area contributed by atoms with Gasteiger partial charge >= 0.3 is 5.97 Å². The highest BCUT2D eigenvalue weighted by molar-refractivity contribution is 5.99. The summed E-state index contributed by atoms with van der Waals surface area (Å²) in [6, 6.07) is 0. The van der Waals surface area contributed by atoms with Gasteiger partial charge in [-0.3, -0.25) is 9.59 Å². The standard InChI is InChI=1S/C15H25NO3/c1-2-19-15(18)13-11-16(9-8-14(13)17)10-12-6-4-3-5-7-12/h12-13H,2-11H2,1H3. The fraction of sp³-hybridized carbons (Fsp3) is 0.867. The molecule has 0 aromatic carbocycles. The normalized spacial score (nSPS) is 26.4. The highest BCUT2D eigenvalue weighted by Gasteiger charge is 2.34. The van der Waals surface area contributed by atoms with Gasteiger partial charge in [0.1, 0.15) is 11.7 Å². The molecule has 0 bridgehead atoms. The minimum atomic E-state index is -0.544. The Kier molecular flexibility index (Phi) is 5.37. The molecule has 19 heavy (non-hydrogen) atoms. The second-order valence-corrected chi connectivity index (χ2v) is 5.78. The van der Waals surface area contributed by atoms with Crippen molar-refractivity contribution < 1.29 is 14.3 Å². The first-order valence-electron chi connectivity index (χ1n) is 7.62. The minimum absolute atomic E-state index is 0.0540. The SMILES string of the molecule is CCOC(=O)C1CN(CC2CCCCC2)CCC1=O. The van der Waals surface area contributed by atoms with Crippen molar-refractivity contribution >= 4 is 11.8 Å². The van der Waals surface area contributed by atoms with Crippen LogP contribution in [0.5, 0.6) is 0 Å². The monoisotopic (exact) mass is 267 g/mol. The Morgan fingerprint density at radius 1 is 1.32 bits per heavy atom. The van der Waals surface area contributed by atoms with E-state index >= 15 is 0 Å². The molecule has 4 heteroatoms. The van der Waals surface area contributed by atoms with Crippen LogP contribution in [-0.4, -0.2) is 42.9 Å². The van der Waals surface area contributed by atoms with Crippen molar-refractivity contribution in [3.8, 4) is 0 Å². The van der Waals surface area contributed by atoms with Crippen molar-refractivity contribution in [2.45, 2.75) is 45.4 Å². The lowest BCUT2D eigenvalue weighted by molar-refractivity contribution is -0.154. The summed E-state index contributed by atoms with van der Waals surface area (Å²) in [4.78, 5) is 25.9. The van der Waals surface area contributed by atoms with Crippen molar-refractivity contribution in [3.05, 3.63) is 0 Å². The van der Waals surface area contributed by atoms with Crippen LogP contribution in [0, 0.1) is 11.8 Å². The number of likely N-dealkylation sites (tertiary alicyclic amines) is 1. The number of Topliss-reactive ketones (excluding diaryl/α,β-unsaturated/α-hetero) is 1. The number of esters is 1. The van der Waals surface area contributed by atoms with E-state index in [0.717, 1.165) is 19.0 Å². The van der Waals surface area contributed by atoms with Crippen LogP contribution < -0.4 is 0 Å². The lowest BCUT2D eigenvalue weighted by Gasteiger charge is -2.34. The van der Waals surface area contributed by atoms with E-state index in [0.29, 0.717) is 19.6 Å². The first-order valence-corrected chi connectivity index (χ1v) is 7.62. The number of nitrogens with zero attached hydrogens (tertiary/aromatic N) is 1. The van der Waals surface area contributed by atoms with Crippen molar-refractivity contribution in [2.75, 3.05) is 26.2 Å². The minimum Gasteiger partial charge on any atom is -0.465 e. The van der Waals surface area contributed by atoms with E-state index in [1.54, 1.807) is 6.92 Å². The maximum atomic E-state index is 11.8. The van der Waals surface area contributed by atoms with Gasteiger partial charge in [0.2, 0.25) is 0 Å². The Balaban J connectivity index is 1.85. The zero-order valence-corrected chi connectivity index (χ0v) is 11.9. The summed E-state index contributed by atoms with van der Waals surface area (Å²) >= 11 is 0. The van der Waals surface area contributed by atoms with Crippen LogP contribution in [0.4, 0.5) is 0 Å². The second kappa shape index (κ2) is 7.04. The van der Waals surface area contributed by atoms with E-state index in [2.05, 4.69) is 4.90 Å². The molecule has 0 amide bonds. The number of hydrogen-bond acceptors (Lipinski definition) is 4. The van der Waals surface area contributed by atoms with Crippen LogP contribution in [0.1, 0.15) is 45.4 Å². The Morgan fingerprint density at radius 2 is 2.05 bits per heavy atom. The fourth-order valence-electron chi connectivity index (χ4n) is 3.24. The van der Waals surface area contributed by atoms with Gasteiger partial charge in [0.05, 0.1) is 6.61 Å². The Hall–Kier alpha value is -0.900. The number of hydrogen-bond donors (Lipinski definition) is 0. The van der Waals surface area contributed by atoms with E-state index in [1.165, 1.54) is 32.1 Å². The molecule has 2 rings (SSSR count). The maximum absolute atomic E-state index is 11.8. The van der Waals surface area contributed by atoms with Crippen molar-refractivity contribution in [2.24, 2.45) is 11.8 Å². The van der Waals surface area contributed by atoms with Crippen molar-refractivity contribution in [3.63, 3.8) is 0 Å².